The second-order valence-corrected chi connectivity index (χ2v) is 17.0. The minimum Gasteiger partial charge on any atom is -0.480 e. The summed E-state index contributed by atoms with van der Waals surface area (Å²) in [5.41, 5.74) is 2.47. The Morgan fingerprint density at radius 2 is 1.69 bits per heavy atom. The van der Waals surface area contributed by atoms with Gasteiger partial charge >= 0.3 is 11.9 Å². The average Bonchev–Trinajstić information content (AvgIpc) is 3.20. The third-order valence-corrected chi connectivity index (χ3v) is 12.1. The Hall–Kier alpha value is -3.19. The molecule has 58 heavy (non-hydrogen) atoms. The number of hydrogen-bond donors (Lipinski definition) is 1. The van der Waals surface area contributed by atoms with Crippen LogP contribution in [0.2, 0.25) is 0 Å². The largest absolute Gasteiger partial charge is 0.480 e. The number of allylic oxidation sites excluding steroid dienone is 5. The van der Waals surface area contributed by atoms with E-state index in [1.54, 1.807) is 21.1 Å². The number of esters is 1. The van der Waals surface area contributed by atoms with Crippen LogP contribution in [0.4, 0.5) is 0 Å². The molecule has 5 unspecified atom stereocenters. The lowest BCUT2D eigenvalue weighted by Gasteiger charge is -2.43. The maximum absolute atomic E-state index is 13.6. The van der Waals surface area contributed by atoms with E-state index < -0.39 is 42.0 Å². The number of unbranched alkanes of at least 4 members (excludes halogenated alkanes) is 1. The van der Waals surface area contributed by atoms with Crippen molar-refractivity contribution >= 4 is 29.4 Å². The second-order valence-electron chi connectivity index (χ2n) is 17.0. The van der Waals surface area contributed by atoms with Gasteiger partial charge in [0.25, 0.3) is 5.91 Å². The van der Waals surface area contributed by atoms with Crippen LogP contribution in [0.3, 0.4) is 0 Å². The standard InChI is InChI=1S/C46H73NO11/c1-9-15-35(38(48)18-12-11-16-30(3)25-34-19-21-36(22-20-34)57-29-41(49)56-10-2)26-31(4)24-32(5)27-39(54-7)44-40(55-8)28-33(6)43(58-44)42(50)45(51)47-23-14-13-17-37(47)46(52)53/h9,25-26,32-37,39-40,43-44H,1,10-24,27-29H2,2-8H3,(H,52,53)/b30-25+,31-26+/t32-,33?,34?,35?,36?,37-,39-,40?,43?,44?/m0/s1. The highest BCUT2D eigenvalue weighted by molar-refractivity contribution is 6.38. The predicted octanol–water partition coefficient (Wildman–Crippen LogP) is 7.61. The highest BCUT2D eigenvalue weighted by Gasteiger charge is 2.47. The van der Waals surface area contributed by atoms with Crippen molar-refractivity contribution in [3.8, 4) is 0 Å². The van der Waals surface area contributed by atoms with Crippen LogP contribution < -0.4 is 0 Å². The number of Topliss-reactive ketones (excluding diaryl/α,β-unsaturated/α-hetero) is 2. The Morgan fingerprint density at radius 3 is 2.33 bits per heavy atom. The van der Waals surface area contributed by atoms with Crippen LogP contribution in [0.5, 0.6) is 0 Å². The number of carbonyl (C=O) groups is 5. The minimum absolute atomic E-state index is 0.0248. The second kappa shape index (κ2) is 25.4. The van der Waals surface area contributed by atoms with Crippen molar-refractivity contribution in [3.63, 3.8) is 0 Å². The zero-order valence-corrected chi connectivity index (χ0v) is 36.4. The van der Waals surface area contributed by atoms with E-state index in [9.17, 15) is 29.1 Å². The van der Waals surface area contributed by atoms with Crippen LogP contribution in [0.25, 0.3) is 0 Å². The van der Waals surface area contributed by atoms with E-state index in [2.05, 4.69) is 39.5 Å². The molecule has 3 aliphatic rings. The number of piperidine rings is 1. The van der Waals surface area contributed by atoms with Crippen LogP contribution in [-0.2, 0) is 47.7 Å². The number of ether oxygens (including phenoxy) is 5. The summed E-state index contributed by atoms with van der Waals surface area (Å²) in [6.07, 6.45) is 15.3. The molecule has 0 spiro atoms. The molecule has 0 radical (unpaired) electrons. The highest BCUT2D eigenvalue weighted by atomic mass is 16.6. The molecule has 1 amide bonds. The molecule has 0 aromatic rings. The summed E-state index contributed by atoms with van der Waals surface area (Å²) >= 11 is 0. The number of nitrogens with zero attached hydrogens (tertiary/aromatic N) is 1. The van der Waals surface area contributed by atoms with Gasteiger partial charge in [0, 0.05) is 33.1 Å². The Bertz CT molecular complexity index is 1420. The molecule has 328 valence electrons. The van der Waals surface area contributed by atoms with Gasteiger partial charge in [0.2, 0.25) is 5.78 Å². The first-order valence-electron chi connectivity index (χ1n) is 21.8. The monoisotopic (exact) mass is 816 g/mol. The molecule has 2 heterocycles. The van der Waals surface area contributed by atoms with Gasteiger partial charge in [0.1, 0.15) is 30.6 Å². The lowest BCUT2D eigenvalue weighted by Crippen LogP contribution is -2.57. The topological polar surface area (TPSA) is 155 Å². The van der Waals surface area contributed by atoms with Gasteiger partial charge in [0.15, 0.2) is 0 Å². The lowest BCUT2D eigenvalue weighted by atomic mass is 9.84. The van der Waals surface area contributed by atoms with E-state index >= 15 is 0 Å². The molecule has 1 N–H and O–H groups in total. The molecular formula is C46H73NO11. The predicted molar refractivity (Wildman–Crippen MR) is 222 cm³/mol. The van der Waals surface area contributed by atoms with Crippen LogP contribution >= 0.6 is 0 Å². The van der Waals surface area contributed by atoms with E-state index in [0.29, 0.717) is 57.5 Å². The molecule has 3 rings (SSSR count). The van der Waals surface area contributed by atoms with E-state index in [1.807, 2.05) is 13.0 Å². The summed E-state index contributed by atoms with van der Waals surface area (Å²) in [5.74, 6) is -2.58. The van der Waals surface area contributed by atoms with Crippen molar-refractivity contribution in [1.82, 2.24) is 4.90 Å². The summed E-state index contributed by atoms with van der Waals surface area (Å²) in [6, 6.07) is -1.01. The van der Waals surface area contributed by atoms with Crippen LogP contribution in [0.15, 0.2) is 36.0 Å². The van der Waals surface area contributed by atoms with Crippen LogP contribution in [-0.4, -0.2) is 110 Å². The average molecular weight is 816 g/mol. The number of aliphatic carboxylic acids is 1. The van der Waals surface area contributed by atoms with Crippen molar-refractivity contribution in [2.45, 2.75) is 167 Å². The molecule has 12 heteroatoms. The van der Waals surface area contributed by atoms with Crippen LogP contribution in [0, 0.1) is 23.7 Å². The SMILES string of the molecule is C=CCC(/C=C(\C)C[C@H](C)C[C@H](OC)C1OC(C(=O)C(=O)N2CCCC[C@H]2C(=O)O)C(C)CC1OC)C(=O)CCCC/C(C)=C/C1CCC(OCC(=O)OCC)CC1. The van der Waals surface area contributed by atoms with Crippen molar-refractivity contribution < 1.29 is 52.8 Å². The number of likely N-dealkylation sites (tertiary alicyclic amines) is 1. The van der Waals surface area contributed by atoms with Gasteiger partial charge in [0.05, 0.1) is 24.9 Å². The van der Waals surface area contributed by atoms with Crippen molar-refractivity contribution in [1.29, 1.82) is 0 Å². The Labute approximate surface area is 347 Å². The third kappa shape index (κ3) is 15.4. The smallest absolute Gasteiger partial charge is 0.332 e. The first-order chi connectivity index (χ1) is 27.7. The molecule has 8 atom stereocenters. The highest BCUT2D eigenvalue weighted by Crippen LogP contribution is 2.34. The fourth-order valence-electron chi connectivity index (χ4n) is 9.05. The van der Waals surface area contributed by atoms with E-state index in [0.717, 1.165) is 56.9 Å². The number of amides is 1. The van der Waals surface area contributed by atoms with E-state index in [1.165, 1.54) is 10.5 Å². The number of carbonyl (C=O) groups excluding carboxylic acids is 4. The molecule has 0 aromatic heterocycles. The Balaban J connectivity index is 1.50. The van der Waals surface area contributed by atoms with Gasteiger partial charge in [-0.2, -0.15) is 0 Å². The number of carboxylic acid groups (broad SMARTS) is 1. The Morgan fingerprint density at radius 1 is 0.983 bits per heavy atom. The maximum Gasteiger partial charge on any atom is 0.332 e. The molecule has 2 aliphatic heterocycles. The molecule has 1 saturated carbocycles. The first-order valence-corrected chi connectivity index (χ1v) is 21.8. The van der Waals surface area contributed by atoms with Crippen molar-refractivity contribution in [2.75, 3.05) is 34.0 Å². The van der Waals surface area contributed by atoms with Crippen molar-refractivity contribution in [2.24, 2.45) is 23.7 Å². The number of methoxy groups -OCH3 is 2. The number of rotatable bonds is 24. The molecule has 1 aliphatic carbocycles. The number of ketones is 2. The zero-order valence-electron chi connectivity index (χ0n) is 36.4. The van der Waals surface area contributed by atoms with Gasteiger partial charge < -0.3 is 33.7 Å². The number of carboxylic acids is 1. The van der Waals surface area contributed by atoms with E-state index in [4.69, 9.17) is 23.7 Å². The molecule has 12 nitrogen and oxygen atoms in total. The van der Waals surface area contributed by atoms with E-state index in [-0.39, 0.29) is 54.9 Å². The minimum atomic E-state index is -1.10. The normalized spacial score (nSPS) is 27.3. The van der Waals surface area contributed by atoms with Crippen LogP contribution in [0.1, 0.15) is 131 Å². The lowest BCUT2D eigenvalue weighted by molar-refractivity contribution is -0.198. The Kier molecular flexibility index (Phi) is 21.6. The molecule has 2 saturated heterocycles. The van der Waals surface area contributed by atoms with Crippen molar-refractivity contribution in [3.05, 3.63) is 36.0 Å². The van der Waals surface area contributed by atoms with Gasteiger partial charge in [-0.25, -0.2) is 9.59 Å². The fraction of sp³-hybridized carbons (Fsp3) is 0.761. The molecule has 0 bridgehead atoms. The third-order valence-electron chi connectivity index (χ3n) is 12.1. The summed E-state index contributed by atoms with van der Waals surface area (Å²) in [4.78, 5) is 65.0. The molecule has 0 aromatic carbocycles. The first kappa shape index (κ1) is 49.2. The quantitative estimate of drug-likeness (QED) is 0.0443. The summed E-state index contributed by atoms with van der Waals surface area (Å²) in [5, 5.41) is 9.69. The fourth-order valence-corrected chi connectivity index (χ4v) is 9.05. The number of hydrogen-bond acceptors (Lipinski definition) is 10. The molecule has 3 fully saturated rings. The maximum atomic E-state index is 13.6. The van der Waals surface area contributed by atoms with Gasteiger partial charge in [-0.05, 0) is 128 Å². The van der Waals surface area contributed by atoms with Gasteiger partial charge in [-0.15, -0.1) is 6.58 Å². The van der Waals surface area contributed by atoms with Gasteiger partial charge in [-0.3, -0.25) is 14.4 Å². The molecular weight excluding hydrogens is 743 g/mol. The summed E-state index contributed by atoms with van der Waals surface area (Å²) in [7, 11) is 3.21. The summed E-state index contributed by atoms with van der Waals surface area (Å²) in [6.45, 7) is 14.5. The summed E-state index contributed by atoms with van der Waals surface area (Å²) < 4.78 is 28.9. The van der Waals surface area contributed by atoms with Gasteiger partial charge in [-0.1, -0.05) is 43.2 Å². The zero-order chi connectivity index (χ0) is 42.8.